The summed E-state index contributed by atoms with van der Waals surface area (Å²) in [7, 11) is 0. The summed E-state index contributed by atoms with van der Waals surface area (Å²) in [6, 6.07) is 7.61. The maximum absolute atomic E-state index is 4.51. The van der Waals surface area contributed by atoms with Gasteiger partial charge in [-0.2, -0.15) is 0 Å². The summed E-state index contributed by atoms with van der Waals surface area (Å²) in [6.45, 7) is 6.47. The normalized spacial score (nSPS) is 14.6. The molecule has 0 atom stereocenters. The molecule has 0 spiro atoms. The average molecular weight is 283 g/mol. The fraction of sp³-hybridized carbons (Fsp3) is 0.500. The van der Waals surface area contributed by atoms with Crippen LogP contribution >= 0.6 is 0 Å². The minimum Gasteiger partial charge on any atom is -0.335 e. The van der Waals surface area contributed by atoms with Gasteiger partial charge in [0.15, 0.2) is 0 Å². The molecule has 3 rings (SSSR count). The Hall–Kier alpha value is -1.61. The summed E-state index contributed by atoms with van der Waals surface area (Å²) >= 11 is 0. The molecule has 0 bridgehead atoms. The second kappa shape index (κ2) is 6.44. The molecule has 0 unspecified atom stereocenters. The van der Waals surface area contributed by atoms with Gasteiger partial charge in [0.05, 0.1) is 0 Å². The Morgan fingerprint density at radius 1 is 1.33 bits per heavy atom. The van der Waals surface area contributed by atoms with Gasteiger partial charge in [-0.15, -0.1) is 0 Å². The van der Waals surface area contributed by atoms with E-state index in [1.807, 2.05) is 6.20 Å². The van der Waals surface area contributed by atoms with Gasteiger partial charge in [-0.25, -0.2) is 4.98 Å². The van der Waals surface area contributed by atoms with E-state index in [2.05, 4.69) is 53.1 Å². The van der Waals surface area contributed by atoms with E-state index in [0.29, 0.717) is 0 Å². The smallest absolute Gasteiger partial charge is 0.113 e. The topological polar surface area (TPSA) is 29.9 Å². The molecular formula is C18H25N3. The second-order valence-electron chi connectivity index (χ2n) is 6.13. The molecule has 1 heterocycles. The van der Waals surface area contributed by atoms with E-state index in [-0.39, 0.29) is 0 Å². The lowest BCUT2D eigenvalue weighted by Gasteiger charge is -2.11. The molecule has 1 aliphatic rings. The lowest BCUT2D eigenvalue weighted by Crippen LogP contribution is -2.15. The molecule has 1 aromatic carbocycles. The predicted octanol–water partition coefficient (Wildman–Crippen LogP) is 3.44. The van der Waals surface area contributed by atoms with Gasteiger partial charge in [-0.3, -0.25) is 0 Å². The first-order chi connectivity index (χ1) is 10.3. The molecule has 0 radical (unpaired) electrons. The van der Waals surface area contributed by atoms with Crippen molar-refractivity contribution in [3.8, 4) is 0 Å². The van der Waals surface area contributed by atoms with Crippen molar-refractivity contribution >= 4 is 0 Å². The highest BCUT2D eigenvalue weighted by atomic mass is 15.1. The van der Waals surface area contributed by atoms with Crippen LogP contribution < -0.4 is 5.32 Å². The molecule has 3 heteroatoms. The molecule has 1 fully saturated rings. The molecule has 1 aliphatic carbocycles. The largest absolute Gasteiger partial charge is 0.335 e. The first-order valence-corrected chi connectivity index (χ1v) is 8.08. The fourth-order valence-corrected chi connectivity index (χ4v) is 2.74. The van der Waals surface area contributed by atoms with Crippen molar-refractivity contribution in [1.82, 2.24) is 14.9 Å². The van der Waals surface area contributed by atoms with Crippen LogP contribution in [-0.2, 0) is 19.5 Å². The van der Waals surface area contributed by atoms with Crippen molar-refractivity contribution in [3.05, 3.63) is 53.1 Å². The average Bonchev–Trinajstić information content (AvgIpc) is 3.21. The number of aryl methyl sites for hydroxylation is 2. The molecule has 1 saturated carbocycles. The molecule has 0 aliphatic heterocycles. The zero-order valence-corrected chi connectivity index (χ0v) is 13.1. The van der Waals surface area contributed by atoms with E-state index >= 15 is 0 Å². The summed E-state index contributed by atoms with van der Waals surface area (Å²) < 4.78 is 2.27. The van der Waals surface area contributed by atoms with Gasteiger partial charge in [0.1, 0.15) is 5.82 Å². The molecule has 2 aromatic rings. The van der Waals surface area contributed by atoms with E-state index in [4.69, 9.17) is 0 Å². The molecule has 0 saturated heterocycles. The van der Waals surface area contributed by atoms with Crippen LogP contribution in [0.1, 0.15) is 48.7 Å². The number of aromatic nitrogens is 2. The number of nitrogens with zero attached hydrogens (tertiary/aromatic N) is 2. The lowest BCUT2D eigenvalue weighted by atomic mass is 10.0. The number of hydrogen-bond acceptors (Lipinski definition) is 2. The lowest BCUT2D eigenvalue weighted by molar-refractivity contribution is 0.646. The van der Waals surface area contributed by atoms with Gasteiger partial charge < -0.3 is 9.88 Å². The van der Waals surface area contributed by atoms with Gasteiger partial charge in [-0.05, 0) is 42.9 Å². The molecule has 1 aromatic heterocycles. The van der Waals surface area contributed by atoms with Crippen molar-refractivity contribution in [1.29, 1.82) is 0 Å². The second-order valence-corrected chi connectivity index (χ2v) is 6.13. The van der Waals surface area contributed by atoms with Crippen molar-refractivity contribution in [2.45, 2.75) is 58.7 Å². The number of nitrogens with one attached hydrogen (secondary N) is 1. The van der Waals surface area contributed by atoms with Crippen LogP contribution in [0.4, 0.5) is 0 Å². The van der Waals surface area contributed by atoms with Crippen molar-refractivity contribution < 1.29 is 0 Å². The zero-order chi connectivity index (χ0) is 14.7. The molecule has 112 valence electrons. The van der Waals surface area contributed by atoms with Crippen LogP contribution in [0.25, 0.3) is 0 Å². The van der Waals surface area contributed by atoms with Gasteiger partial charge in [0.25, 0.3) is 0 Å². The molecule has 1 N–H and O–H groups in total. The van der Waals surface area contributed by atoms with E-state index in [1.54, 1.807) is 0 Å². The third-order valence-electron chi connectivity index (χ3n) is 4.19. The Bertz CT molecular complexity index is 596. The van der Waals surface area contributed by atoms with Crippen LogP contribution in [-0.4, -0.2) is 15.6 Å². The minimum atomic E-state index is 0.770. The fourth-order valence-electron chi connectivity index (χ4n) is 2.74. The van der Waals surface area contributed by atoms with Gasteiger partial charge in [0.2, 0.25) is 0 Å². The summed E-state index contributed by atoms with van der Waals surface area (Å²) in [6.07, 6.45) is 8.76. The van der Waals surface area contributed by atoms with E-state index < -0.39 is 0 Å². The van der Waals surface area contributed by atoms with Gasteiger partial charge in [-0.1, -0.05) is 25.1 Å². The monoisotopic (exact) mass is 283 g/mol. The third kappa shape index (κ3) is 3.73. The SMILES string of the molecule is CCCn1ccnc1Cc1ccc(CNC2CC2)cc1C. The van der Waals surface area contributed by atoms with Crippen molar-refractivity contribution in [3.63, 3.8) is 0 Å². The summed E-state index contributed by atoms with van der Waals surface area (Å²) in [5, 5.41) is 3.57. The first-order valence-electron chi connectivity index (χ1n) is 8.08. The summed E-state index contributed by atoms with van der Waals surface area (Å²) in [4.78, 5) is 4.51. The highest BCUT2D eigenvalue weighted by molar-refractivity contribution is 5.33. The van der Waals surface area contributed by atoms with Gasteiger partial charge >= 0.3 is 0 Å². The van der Waals surface area contributed by atoms with Crippen LogP contribution in [0.5, 0.6) is 0 Å². The first kappa shape index (κ1) is 14.3. The van der Waals surface area contributed by atoms with Crippen molar-refractivity contribution in [2.24, 2.45) is 0 Å². The van der Waals surface area contributed by atoms with Crippen molar-refractivity contribution in [2.75, 3.05) is 0 Å². The molecule has 21 heavy (non-hydrogen) atoms. The van der Waals surface area contributed by atoms with Crippen LogP contribution in [0.15, 0.2) is 30.6 Å². The van der Waals surface area contributed by atoms with Crippen LogP contribution in [0, 0.1) is 6.92 Å². The molecule has 0 amide bonds. The Labute approximate surface area is 127 Å². The minimum absolute atomic E-state index is 0.770. The third-order valence-corrected chi connectivity index (χ3v) is 4.19. The number of benzene rings is 1. The molecular weight excluding hydrogens is 258 g/mol. The predicted molar refractivity (Wildman–Crippen MR) is 86.4 cm³/mol. The Morgan fingerprint density at radius 3 is 2.90 bits per heavy atom. The highest BCUT2D eigenvalue weighted by Gasteiger charge is 2.19. The number of imidazole rings is 1. The van der Waals surface area contributed by atoms with Gasteiger partial charge in [0, 0.05) is 37.9 Å². The maximum Gasteiger partial charge on any atom is 0.113 e. The molecule has 3 nitrogen and oxygen atoms in total. The van der Waals surface area contributed by atoms with E-state index in [0.717, 1.165) is 32.0 Å². The highest BCUT2D eigenvalue weighted by Crippen LogP contribution is 2.20. The Morgan fingerprint density at radius 2 is 2.19 bits per heavy atom. The Balaban J connectivity index is 1.68. The number of rotatable bonds is 7. The van der Waals surface area contributed by atoms with Crippen LogP contribution in [0.3, 0.4) is 0 Å². The van der Waals surface area contributed by atoms with E-state index in [1.165, 1.54) is 35.4 Å². The summed E-state index contributed by atoms with van der Waals surface area (Å²) in [5.41, 5.74) is 4.14. The Kier molecular flexibility index (Phi) is 4.39. The zero-order valence-electron chi connectivity index (χ0n) is 13.1. The van der Waals surface area contributed by atoms with Crippen LogP contribution in [0.2, 0.25) is 0 Å². The summed E-state index contributed by atoms with van der Waals surface area (Å²) in [5.74, 6) is 1.17. The quantitative estimate of drug-likeness (QED) is 0.843. The number of hydrogen-bond donors (Lipinski definition) is 1. The standard InChI is InChI=1S/C18H25N3/c1-3-9-21-10-8-19-18(21)12-16-5-4-15(11-14(16)2)13-20-17-6-7-17/h4-5,8,10-11,17,20H,3,6-7,9,12-13H2,1-2H3. The van der Waals surface area contributed by atoms with E-state index in [9.17, 15) is 0 Å². The maximum atomic E-state index is 4.51.